The molecule has 2 aromatic rings. The van der Waals surface area contributed by atoms with Gasteiger partial charge in [0.25, 0.3) is 0 Å². The molecule has 0 bridgehead atoms. The van der Waals surface area contributed by atoms with Gasteiger partial charge in [-0.05, 0) is 30.2 Å². The monoisotopic (exact) mass is 315 g/mol. The molecular weight excluding hydrogens is 298 g/mol. The van der Waals surface area contributed by atoms with Crippen LogP contribution < -0.4 is 10.1 Å². The van der Waals surface area contributed by atoms with Gasteiger partial charge in [-0.1, -0.05) is 48.5 Å². The summed E-state index contributed by atoms with van der Waals surface area (Å²) in [5, 5.41) is 3.55. The quantitative estimate of drug-likeness (QED) is 0.765. The molecule has 0 aliphatic carbocycles. The van der Waals surface area contributed by atoms with Crippen LogP contribution in [0.4, 0.5) is 5.69 Å². The van der Waals surface area contributed by atoms with Crippen LogP contribution in [0.25, 0.3) is 0 Å². The highest BCUT2D eigenvalue weighted by atomic mass is 35.5. The number of rotatable bonds is 7. The Kier molecular flexibility index (Phi) is 6.04. The molecule has 4 heteroatoms. The lowest BCUT2D eigenvalue weighted by Gasteiger charge is -2.08. The highest BCUT2D eigenvalue weighted by Gasteiger charge is 2.06. The zero-order chi connectivity index (χ0) is 15.8. The minimum absolute atomic E-state index is 0.0548. The van der Waals surface area contributed by atoms with Crippen LogP contribution in [0.3, 0.4) is 0 Å². The summed E-state index contributed by atoms with van der Waals surface area (Å²) in [6.45, 7) is 4.04. The van der Waals surface area contributed by atoms with E-state index in [4.69, 9.17) is 16.3 Å². The van der Waals surface area contributed by atoms with Crippen LogP contribution in [0, 0.1) is 0 Å². The Labute approximate surface area is 135 Å². The Bertz CT molecular complexity index is 655. The number of amides is 1. The molecule has 0 aromatic heterocycles. The van der Waals surface area contributed by atoms with Gasteiger partial charge in [0.05, 0.1) is 0 Å². The van der Waals surface area contributed by atoms with Crippen molar-refractivity contribution >= 4 is 23.2 Å². The van der Waals surface area contributed by atoms with Gasteiger partial charge in [-0.2, -0.15) is 0 Å². The van der Waals surface area contributed by atoms with Gasteiger partial charge in [0.15, 0.2) is 0 Å². The molecule has 0 unspecified atom stereocenters. The van der Waals surface area contributed by atoms with Gasteiger partial charge in [-0.15, -0.1) is 0 Å². The van der Waals surface area contributed by atoms with E-state index in [-0.39, 0.29) is 5.91 Å². The van der Waals surface area contributed by atoms with E-state index in [0.29, 0.717) is 35.9 Å². The van der Waals surface area contributed by atoms with E-state index in [1.165, 1.54) is 0 Å². The number of nitrogens with one attached hydrogen (secondary N) is 1. The molecule has 0 spiro atoms. The van der Waals surface area contributed by atoms with Gasteiger partial charge < -0.3 is 10.1 Å². The van der Waals surface area contributed by atoms with E-state index in [0.717, 1.165) is 5.56 Å². The Hall–Kier alpha value is -2.26. The molecule has 1 amide bonds. The third kappa shape index (κ3) is 4.93. The molecular formula is C18H18ClNO2. The molecule has 114 valence electrons. The number of hydrogen-bond donors (Lipinski definition) is 1. The number of ether oxygens (including phenoxy) is 1. The van der Waals surface area contributed by atoms with E-state index < -0.39 is 0 Å². The summed E-state index contributed by atoms with van der Waals surface area (Å²) in [6.07, 6.45) is 2.66. The van der Waals surface area contributed by atoms with Crippen LogP contribution in [0.2, 0.25) is 5.02 Å². The average molecular weight is 316 g/mol. The van der Waals surface area contributed by atoms with Crippen molar-refractivity contribution < 1.29 is 9.53 Å². The van der Waals surface area contributed by atoms with Crippen molar-refractivity contribution in [2.75, 3.05) is 11.9 Å². The first-order valence-corrected chi connectivity index (χ1v) is 7.44. The van der Waals surface area contributed by atoms with Crippen LogP contribution in [0.15, 0.2) is 61.2 Å². The van der Waals surface area contributed by atoms with Crippen LogP contribution >= 0.6 is 11.6 Å². The molecule has 0 radical (unpaired) electrons. The second-order valence-electron chi connectivity index (χ2n) is 4.77. The van der Waals surface area contributed by atoms with Crippen molar-refractivity contribution in [3.63, 3.8) is 0 Å². The number of carbonyl (C=O) groups excluding carboxylic acids is 1. The van der Waals surface area contributed by atoms with E-state index in [1.807, 2.05) is 42.5 Å². The zero-order valence-electron chi connectivity index (χ0n) is 12.2. The summed E-state index contributed by atoms with van der Waals surface area (Å²) < 4.78 is 5.44. The van der Waals surface area contributed by atoms with Gasteiger partial charge in [-0.3, -0.25) is 4.79 Å². The Morgan fingerprint density at radius 2 is 2.05 bits per heavy atom. The molecule has 0 heterocycles. The summed E-state index contributed by atoms with van der Waals surface area (Å²) in [6, 6.07) is 14.8. The molecule has 2 aromatic carbocycles. The van der Waals surface area contributed by atoms with Crippen LogP contribution in [-0.4, -0.2) is 12.5 Å². The molecule has 0 fully saturated rings. The first kappa shape index (κ1) is 16.1. The zero-order valence-corrected chi connectivity index (χ0v) is 13.0. The molecule has 0 aliphatic heterocycles. The van der Waals surface area contributed by atoms with Gasteiger partial charge in [0.1, 0.15) is 12.4 Å². The number of carbonyl (C=O) groups is 1. The maximum Gasteiger partial charge on any atom is 0.224 e. The molecule has 3 nitrogen and oxygen atoms in total. The molecule has 0 saturated carbocycles. The highest BCUT2D eigenvalue weighted by Crippen LogP contribution is 2.19. The fourth-order valence-corrected chi connectivity index (χ4v) is 2.22. The molecule has 0 saturated heterocycles. The molecule has 0 aliphatic rings. The number of benzene rings is 2. The van der Waals surface area contributed by atoms with Crippen molar-refractivity contribution in [3.8, 4) is 5.75 Å². The number of hydrogen-bond acceptors (Lipinski definition) is 2. The third-order valence-electron chi connectivity index (χ3n) is 3.06. The van der Waals surface area contributed by atoms with Crippen molar-refractivity contribution in [1.82, 2.24) is 0 Å². The van der Waals surface area contributed by atoms with Crippen LogP contribution in [-0.2, 0) is 11.2 Å². The van der Waals surface area contributed by atoms with E-state index in [2.05, 4.69) is 11.9 Å². The smallest absolute Gasteiger partial charge is 0.224 e. The molecule has 22 heavy (non-hydrogen) atoms. The predicted molar refractivity (Wildman–Crippen MR) is 90.5 cm³/mol. The SMILES string of the molecule is C=CCOc1cccc(NC(=O)CCc2ccccc2Cl)c1. The number of halogens is 1. The van der Waals surface area contributed by atoms with Gasteiger partial charge >= 0.3 is 0 Å². The van der Waals surface area contributed by atoms with E-state index in [1.54, 1.807) is 12.1 Å². The second kappa shape index (κ2) is 8.25. The van der Waals surface area contributed by atoms with Crippen LogP contribution in [0.1, 0.15) is 12.0 Å². The summed E-state index contributed by atoms with van der Waals surface area (Å²) >= 11 is 6.08. The first-order chi connectivity index (χ1) is 10.7. The topological polar surface area (TPSA) is 38.3 Å². The lowest BCUT2D eigenvalue weighted by atomic mass is 10.1. The fraction of sp³-hybridized carbons (Fsp3) is 0.167. The largest absolute Gasteiger partial charge is 0.489 e. The Morgan fingerprint density at radius 1 is 1.23 bits per heavy atom. The molecule has 0 atom stereocenters. The van der Waals surface area contributed by atoms with Crippen molar-refractivity contribution in [3.05, 3.63) is 71.8 Å². The minimum atomic E-state index is -0.0548. The standard InChI is InChI=1S/C18H18ClNO2/c1-2-12-22-16-8-5-7-15(13-16)20-18(21)11-10-14-6-3-4-9-17(14)19/h2-9,13H,1,10-12H2,(H,20,21). The Balaban J connectivity index is 1.89. The lowest BCUT2D eigenvalue weighted by Crippen LogP contribution is -2.12. The maximum atomic E-state index is 12.0. The van der Waals surface area contributed by atoms with Crippen molar-refractivity contribution in [2.45, 2.75) is 12.8 Å². The summed E-state index contributed by atoms with van der Waals surface area (Å²) in [5.41, 5.74) is 1.69. The maximum absolute atomic E-state index is 12.0. The van der Waals surface area contributed by atoms with Gasteiger partial charge in [-0.25, -0.2) is 0 Å². The van der Waals surface area contributed by atoms with Crippen LogP contribution in [0.5, 0.6) is 5.75 Å². The lowest BCUT2D eigenvalue weighted by molar-refractivity contribution is -0.116. The normalized spacial score (nSPS) is 10.0. The highest BCUT2D eigenvalue weighted by molar-refractivity contribution is 6.31. The van der Waals surface area contributed by atoms with E-state index >= 15 is 0 Å². The van der Waals surface area contributed by atoms with Gasteiger partial charge in [0, 0.05) is 23.2 Å². The van der Waals surface area contributed by atoms with Crippen molar-refractivity contribution in [1.29, 1.82) is 0 Å². The van der Waals surface area contributed by atoms with Crippen molar-refractivity contribution in [2.24, 2.45) is 0 Å². The number of anilines is 1. The fourth-order valence-electron chi connectivity index (χ4n) is 1.99. The first-order valence-electron chi connectivity index (χ1n) is 7.06. The summed E-state index contributed by atoms with van der Waals surface area (Å²) in [5.74, 6) is 0.643. The Morgan fingerprint density at radius 3 is 2.82 bits per heavy atom. The molecule has 2 rings (SSSR count). The van der Waals surface area contributed by atoms with Gasteiger partial charge in [0.2, 0.25) is 5.91 Å². The summed E-state index contributed by atoms with van der Waals surface area (Å²) in [4.78, 5) is 12.0. The average Bonchev–Trinajstić information content (AvgIpc) is 2.52. The van der Waals surface area contributed by atoms with E-state index in [9.17, 15) is 4.79 Å². The summed E-state index contributed by atoms with van der Waals surface area (Å²) in [7, 11) is 0. The second-order valence-corrected chi connectivity index (χ2v) is 5.17. The predicted octanol–water partition coefficient (Wildman–Crippen LogP) is 4.48. The molecule has 1 N–H and O–H groups in total. The minimum Gasteiger partial charge on any atom is -0.489 e. The number of aryl methyl sites for hydroxylation is 1. The third-order valence-corrected chi connectivity index (χ3v) is 3.43.